The molecule has 0 spiro atoms. The van der Waals surface area contributed by atoms with Crippen LogP contribution in [0.3, 0.4) is 0 Å². The standard InChI is InChI=1S/C18H17F6N5/c1-28(2)6-5-25-15-3-4-26-16-14(10-27-29(15)16)11-7-12(17(19,20)21)9-13(8-11)18(22,23)24/h3-4,7-10,25H,5-6H2,1-2H3. The van der Waals surface area contributed by atoms with Crippen molar-refractivity contribution in [2.24, 2.45) is 0 Å². The minimum absolute atomic E-state index is 0.0675. The normalized spacial score (nSPS) is 12.7. The summed E-state index contributed by atoms with van der Waals surface area (Å²) in [4.78, 5) is 6.04. The van der Waals surface area contributed by atoms with E-state index in [-0.39, 0.29) is 22.8 Å². The zero-order valence-corrected chi connectivity index (χ0v) is 15.4. The van der Waals surface area contributed by atoms with Crippen LogP contribution in [0.2, 0.25) is 0 Å². The quantitative estimate of drug-likeness (QED) is 0.625. The Kier molecular flexibility index (Phi) is 5.44. The Morgan fingerprint density at radius 3 is 2.17 bits per heavy atom. The number of nitrogens with zero attached hydrogens (tertiary/aromatic N) is 4. The summed E-state index contributed by atoms with van der Waals surface area (Å²) in [6.07, 6.45) is -7.23. The highest BCUT2D eigenvalue weighted by Gasteiger charge is 2.37. The van der Waals surface area contributed by atoms with Gasteiger partial charge in [-0.15, -0.1) is 0 Å². The molecule has 2 heterocycles. The molecule has 156 valence electrons. The highest BCUT2D eigenvalue weighted by Crippen LogP contribution is 2.39. The molecule has 0 amide bonds. The minimum atomic E-state index is -4.93. The highest BCUT2D eigenvalue weighted by atomic mass is 19.4. The first-order valence-electron chi connectivity index (χ1n) is 8.48. The largest absolute Gasteiger partial charge is 0.416 e. The van der Waals surface area contributed by atoms with Crippen LogP contribution < -0.4 is 5.32 Å². The third-order valence-electron chi connectivity index (χ3n) is 4.17. The summed E-state index contributed by atoms with van der Waals surface area (Å²) in [6, 6.07) is 3.05. The fourth-order valence-corrected chi connectivity index (χ4v) is 2.75. The van der Waals surface area contributed by atoms with Gasteiger partial charge in [-0.2, -0.15) is 36.0 Å². The molecule has 0 aliphatic rings. The Morgan fingerprint density at radius 1 is 1.00 bits per heavy atom. The summed E-state index contributed by atoms with van der Waals surface area (Å²) >= 11 is 0. The van der Waals surface area contributed by atoms with Gasteiger partial charge in [0.05, 0.1) is 17.3 Å². The number of nitrogens with one attached hydrogen (secondary N) is 1. The second-order valence-corrected chi connectivity index (χ2v) is 6.65. The van der Waals surface area contributed by atoms with Gasteiger partial charge in [0.25, 0.3) is 0 Å². The first-order chi connectivity index (χ1) is 13.5. The molecule has 0 saturated carbocycles. The number of hydrogen-bond acceptors (Lipinski definition) is 4. The van der Waals surface area contributed by atoms with E-state index in [1.54, 1.807) is 6.07 Å². The first-order valence-corrected chi connectivity index (χ1v) is 8.48. The molecule has 11 heteroatoms. The van der Waals surface area contributed by atoms with Crippen molar-refractivity contribution in [3.63, 3.8) is 0 Å². The molecule has 3 aromatic rings. The van der Waals surface area contributed by atoms with Gasteiger partial charge in [-0.1, -0.05) is 0 Å². The van der Waals surface area contributed by atoms with Crippen molar-refractivity contribution in [2.75, 3.05) is 32.5 Å². The van der Waals surface area contributed by atoms with E-state index in [0.717, 1.165) is 0 Å². The fourth-order valence-electron chi connectivity index (χ4n) is 2.75. The monoisotopic (exact) mass is 417 g/mol. The second-order valence-electron chi connectivity index (χ2n) is 6.65. The molecule has 0 aliphatic heterocycles. The van der Waals surface area contributed by atoms with Gasteiger partial charge < -0.3 is 10.2 Å². The van der Waals surface area contributed by atoms with Crippen molar-refractivity contribution >= 4 is 11.5 Å². The number of halogens is 6. The molecular weight excluding hydrogens is 400 g/mol. The molecule has 3 rings (SSSR count). The lowest BCUT2D eigenvalue weighted by Crippen LogP contribution is -2.21. The molecular formula is C18H17F6N5. The zero-order valence-electron chi connectivity index (χ0n) is 15.4. The van der Waals surface area contributed by atoms with Crippen LogP contribution in [0.1, 0.15) is 11.1 Å². The van der Waals surface area contributed by atoms with Gasteiger partial charge in [0.2, 0.25) is 0 Å². The molecule has 0 unspecified atom stereocenters. The minimum Gasteiger partial charge on any atom is -0.369 e. The van der Waals surface area contributed by atoms with Crippen LogP contribution in [0.5, 0.6) is 0 Å². The molecule has 0 saturated heterocycles. The third-order valence-corrected chi connectivity index (χ3v) is 4.17. The van der Waals surface area contributed by atoms with Crippen LogP contribution in [0.15, 0.2) is 36.7 Å². The summed E-state index contributed by atoms with van der Waals surface area (Å²) in [7, 11) is 3.78. The number of fused-ring (bicyclic) bond motifs is 1. The molecule has 0 radical (unpaired) electrons. The Morgan fingerprint density at radius 2 is 1.62 bits per heavy atom. The molecule has 0 bridgehead atoms. The topological polar surface area (TPSA) is 45.5 Å². The average Bonchev–Trinajstić information content (AvgIpc) is 3.04. The maximum Gasteiger partial charge on any atom is 0.416 e. The van der Waals surface area contributed by atoms with Gasteiger partial charge >= 0.3 is 12.4 Å². The van der Waals surface area contributed by atoms with Gasteiger partial charge in [-0.3, -0.25) is 0 Å². The second kappa shape index (κ2) is 7.54. The van der Waals surface area contributed by atoms with Gasteiger partial charge in [-0.05, 0) is 43.9 Å². The van der Waals surface area contributed by atoms with E-state index in [0.29, 0.717) is 31.0 Å². The Bertz CT molecular complexity index is 974. The Labute approximate surface area is 162 Å². The molecule has 0 aliphatic carbocycles. The van der Waals surface area contributed by atoms with Crippen molar-refractivity contribution < 1.29 is 26.3 Å². The molecule has 0 atom stereocenters. The van der Waals surface area contributed by atoms with Crippen molar-refractivity contribution in [3.8, 4) is 11.1 Å². The lowest BCUT2D eigenvalue weighted by atomic mass is 10.0. The van der Waals surface area contributed by atoms with E-state index >= 15 is 0 Å². The van der Waals surface area contributed by atoms with Crippen LogP contribution in [0, 0.1) is 0 Å². The summed E-state index contributed by atoms with van der Waals surface area (Å²) < 4.78 is 80.2. The van der Waals surface area contributed by atoms with Gasteiger partial charge in [0.15, 0.2) is 5.65 Å². The number of hydrogen-bond donors (Lipinski definition) is 1. The van der Waals surface area contributed by atoms with Gasteiger partial charge in [0.1, 0.15) is 5.82 Å². The van der Waals surface area contributed by atoms with Crippen molar-refractivity contribution in [1.82, 2.24) is 19.5 Å². The van der Waals surface area contributed by atoms with Gasteiger partial charge in [0, 0.05) is 24.8 Å². The van der Waals surface area contributed by atoms with Crippen LogP contribution >= 0.6 is 0 Å². The van der Waals surface area contributed by atoms with E-state index < -0.39 is 23.5 Å². The predicted molar refractivity (Wildman–Crippen MR) is 95.5 cm³/mol. The number of anilines is 1. The fraction of sp³-hybridized carbons (Fsp3) is 0.333. The third kappa shape index (κ3) is 4.61. The molecule has 1 N–H and O–H groups in total. The Hall–Kier alpha value is -2.82. The maximum absolute atomic E-state index is 13.1. The van der Waals surface area contributed by atoms with E-state index in [2.05, 4.69) is 15.4 Å². The van der Waals surface area contributed by atoms with Crippen LogP contribution in [-0.2, 0) is 12.4 Å². The lowest BCUT2D eigenvalue weighted by molar-refractivity contribution is -0.143. The number of aromatic nitrogens is 3. The predicted octanol–water partition coefficient (Wildman–Crippen LogP) is 4.41. The molecule has 29 heavy (non-hydrogen) atoms. The molecule has 1 aromatic carbocycles. The smallest absolute Gasteiger partial charge is 0.369 e. The number of benzene rings is 1. The highest BCUT2D eigenvalue weighted by molar-refractivity contribution is 5.79. The van der Waals surface area contributed by atoms with E-state index in [4.69, 9.17) is 0 Å². The molecule has 5 nitrogen and oxygen atoms in total. The average molecular weight is 417 g/mol. The van der Waals surface area contributed by atoms with Crippen molar-refractivity contribution in [2.45, 2.75) is 12.4 Å². The van der Waals surface area contributed by atoms with Crippen molar-refractivity contribution in [1.29, 1.82) is 0 Å². The Balaban J connectivity index is 2.09. The molecule has 2 aromatic heterocycles. The van der Waals surface area contributed by atoms with E-state index in [9.17, 15) is 26.3 Å². The number of rotatable bonds is 5. The van der Waals surface area contributed by atoms with Crippen LogP contribution in [0.25, 0.3) is 16.8 Å². The SMILES string of the molecule is CN(C)CCNc1ccnc2c(-c3cc(C(F)(F)F)cc(C(F)(F)F)c3)cnn12. The van der Waals surface area contributed by atoms with Gasteiger partial charge in [-0.25, -0.2) is 4.98 Å². The lowest BCUT2D eigenvalue weighted by Gasteiger charge is -2.14. The van der Waals surface area contributed by atoms with E-state index in [1.807, 2.05) is 19.0 Å². The van der Waals surface area contributed by atoms with E-state index in [1.165, 1.54) is 16.9 Å². The van der Waals surface area contributed by atoms with Crippen LogP contribution in [-0.4, -0.2) is 46.7 Å². The first kappa shape index (κ1) is 20.9. The molecule has 0 fully saturated rings. The number of alkyl halides is 6. The summed E-state index contributed by atoms with van der Waals surface area (Å²) in [5.74, 6) is 0.520. The van der Waals surface area contributed by atoms with Crippen LogP contribution in [0.4, 0.5) is 32.2 Å². The summed E-state index contributed by atoms with van der Waals surface area (Å²) in [5, 5.41) is 7.21. The zero-order chi connectivity index (χ0) is 21.4. The summed E-state index contributed by atoms with van der Waals surface area (Å²) in [5.41, 5.74) is -2.82. The van der Waals surface area contributed by atoms with Crippen molar-refractivity contribution in [3.05, 3.63) is 47.8 Å². The summed E-state index contributed by atoms with van der Waals surface area (Å²) in [6.45, 7) is 1.27. The number of likely N-dealkylation sites (N-methyl/N-ethyl adjacent to an activating group) is 1. The maximum atomic E-state index is 13.1.